The summed E-state index contributed by atoms with van der Waals surface area (Å²) < 4.78 is 0. The molecule has 3 aromatic rings. The van der Waals surface area contributed by atoms with Gasteiger partial charge in [0, 0.05) is 28.3 Å². The van der Waals surface area contributed by atoms with Gasteiger partial charge >= 0.3 is 0 Å². The number of hydrogen-bond acceptors (Lipinski definition) is 4. The molecule has 3 aromatic carbocycles. The number of thioether (sulfide) groups is 1. The molecular weight excluding hydrogens is 446 g/mol. The van der Waals surface area contributed by atoms with Gasteiger partial charge in [-0.15, -0.1) is 11.8 Å². The molecule has 0 saturated carbocycles. The first-order valence-electron chi connectivity index (χ1n) is 10.9. The zero-order valence-corrected chi connectivity index (χ0v) is 20.3. The van der Waals surface area contributed by atoms with Crippen LogP contribution in [0.5, 0.6) is 0 Å². The van der Waals surface area contributed by atoms with E-state index in [4.69, 9.17) is 5.73 Å². The molecule has 0 radical (unpaired) electrons. The van der Waals surface area contributed by atoms with Gasteiger partial charge in [0.2, 0.25) is 17.7 Å². The Morgan fingerprint density at radius 3 is 2.15 bits per heavy atom. The number of nitrogens with two attached hydrogens (primary N) is 1. The molecule has 4 N–H and O–H groups in total. The average molecular weight is 476 g/mol. The number of nitrogens with one attached hydrogen (secondary N) is 2. The van der Waals surface area contributed by atoms with E-state index in [1.165, 1.54) is 11.8 Å². The summed E-state index contributed by atoms with van der Waals surface area (Å²) in [5, 5.41) is 5.33. The standard InChI is InChI=1S/C27H29N3O3S/c1-27(2,3)17-23(31)29-21-10-7-11-22(16-21)34-24(18-8-5-4-6-9-18)26(33)30-20-14-12-19(13-15-20)25(28)32/h4-16,24H,17H2,1-3H3,(H2,28,32)(H,29,31)(H,30,33). The normalized spacial score (nSPS) is 12.0. The van der Waals surface area contributed by atoms with Gasteiger partial charge in [0.1, 0.15) is 5.25 Å². The van der Waals surface area contributed by atoms with Crippen molar-refractivity contribution < 1.29 is 14.4 Å². The Morgan fingerprint density at radius 2 is 1.53 bits per heavy atom. The van der Waals surface area contributed by atoms with Crippen molar-refractivity contribution in [1.82, 2.24) is 0 Å². The summed E-state index contributed by atoms with van der Waals surface area (Å²) in [5.41, 5.74) is 7.66. The van der Waals surface area contributed by atoms with Crippen LogP contribution in [0, 0.1) is 5.41 Å². The molecule has 3 amide bonds. The van der Waals surface area contributed by atoms with Crippen LogP contribution in [0.3, 0.4) is 0 Å². The van der Waals surface area contributed by atoms with E-state index in [1.54, 1.807) is 24.3 Å². The number of anilines is 2. The smallest absolute Gasteiger partial charge is 0.248 e. The molecule has 176 valence electrons. The van der Waals surface area contributed by atoms with Gasteiger partial charge < -0.3 is 16.4 Å². The highest BCUT2D eigenvalue weighted by Crippen LogP contribution is 2.37. The van der Waals surface area contributed by atoms with Gasteiger partial charge in [-0.2, -0.15) is 0 Å². The van der Waals surface area contributed by atoms with E-state index in [0.717, 1.165) is 10.5 Å². The highest BCUT2D eigenvalue weighted by Gasteiger charge is 2.23. The van der Waals surface area contributed by atoms with Crippen LogP contribution in [0.1, 0.15) is 48.4 Å². The molecule has 0 aliphatic heterocycles. The van der Waals surface area contributed by atoms with Crippen molar-refractivity contribution in [2.45, 2.75) is 37.3 Å². The predicted octanol–water partition coefficient (Wildman–Crippen LogP) is 5.63. The minimum absolute atomic E-state index is 0.0496. The molecule has 0 aromatic heterocycles. The zero-order chi connectivity index (χ0) is 24.7. The van der Waals surface area contributed by atoms with Crippen LogP contribution < -0.4 is 16.4 Å². The quantitative estimate of drug-likeness (QED) is 0.367. The lowest BCUT2D eigenvalue weighted by molar-refractivity contribution is -0.118. The van der Waals surface area contributed by atoms with E-state index in [-0.39, 0.29) is 17.2 Å². The van der Waals surface area contributed by atoms with Crippen LogP contribution in [0.2, 0.25) is 0 Å². The molecule has 0 aliphatic rings. The topological polar surface area (TPSA) is 101 Å². The third-order valence-corrected chi connectivity index (χ3v) is 6.09. The largest absolute Gasteiger partial charge is 0.366 e. The highest BCUT2D eigenvalue weighted by molar-refractivity contribution is 8.00. The number of carbonyl (C=O) groups excluding carboxylic acids is 3. The van der Waals surface area contributed by atoms with Gasteiger partial charge in [0.05, 0.1) is 0 Å². The number of amides is 3. The van der Waals surface area contributed by atoms with Gasteiger partial charge in [0.25, 0.3) is 0 Å². The fraction of sp³-hybridized carbons (Fsp3) is 0.222. The fourth-order valence-corrected chi connectivity index (χ4v) is 4.38. The van der Waals surface area contributed by atoms with E-state index >= 15 is 0 Å². The van der Waals surface area contributed by atoms with Gasteiger partial charge in [-0.25, -0.2) is 0 Å². The number of hydrogen-bond donors (Lipinski definition) is 3. The number of rotatable bonds is 8. The van der Waals surface area contributed by atoms with Crippen LogP contribution >= 0.6 is 11.8 Å². The fourth-order valence-electron chi connectivity index (χ4n) is 3.30. The monoisotopic (exact) mass is 475 g/mol. The van der Waals surface area contributed by atoms with Crippen molar-refractivity contribution in [2.24, 2.45) is 11.1 Å². The summed E-state index contributed by atoms with van der Waals surface area (Å²) in [6.07, 6.45) is 0.411. The van der Waals surface area contributed by atoms with Crippen molar-refractivity contribution in [3.05, 3.63) is 90.0 Å². The summed E-state index contributed by atoms with van der Waals surface area (Å²) >= 11 is 1.39. The Kier molecular flexibility index (Phi) is 8.12. The molecule has 0 spiro atoms. The molecule has 0 bridgehead atoms. The number of primary amides is 1. The lowest BCUT2D eigenvalue weighted by Gasteiger charge is -2.19. The Hall–Kier alpha value is -3.58. The van der Waals surface area contributed by atoms with E-state index in [2.05, 4.69) is 10.6 Å². The van der Waals surface area contributed by atoms with Crippen LogP contribution in [0.15, 0.2) is 83.8 Å². The molecule has 0 heterocycles. The molecule has 3 rings (SSSR count). The minimum atomic E-state index is -0.530. The summed E-state index contributed by atoms with van der Waals surface area (Å²) in [6.45, 7) is 6.05. The maximum absolute atomic E-state index is 13.3. The van der Waals surface area contributed by atoms with Crippen LogP contribution in [0.25, 0.3) is 0 Å². The van der Waals surface area contributed by atoms with Crippen molar-refractivity contribution in [3.8, 4) is 0 Å². The maximum Gasteiger partial charge on any atom is 0.248 e. The first-order valence-corrected chi connectivity index (χ1v) is 11.8. The second-order valence-corrected chi connectivity index (χ2v) is 10.3. The van der Waals surface area contributed by atoms with Crippen molar-refractivity contribution in [3.63, 3.8) is 0 Å². The van der Waals surface area contributed by atoms with Gasteiger partial charge in [-0.3, -0.25) is 14.4 Å². The van der Waals surface area contributed by atoms with E-state index in [0.29, 0.717) is 23.4 Å². The summed E-state index contributed by atoms with van der Waals surface area (Å²) in [5.74, 6) is -0.776. The van der Waals surface area contributed by atoms with E-state index in [9.17, 15) is 14.4 Å². The second kappa shape index (κ2) is 11.0. The number of carbonyl (C=O) groups is 3. The van der Waals surface area contributed by atoms with Gasteiger partial charge in [-0.05, 0) is 53.4 Å². The molecule has 1 atom stereocenters. The summed E-state index contributed by atoms with van der Waals surface area (Å²) in [6, 6.07) is 23.4. The van der Waals surface area contributed by atoms with Crippen molar-refractivity contribution in [2.75, 3.05) is 10.6 Å². The summed E-state index contributed by atoms with van der Waals surface area (Å²) in [4.78, 5) is 37.8. The Morgan fingerprint density at radius 1 is 0.853 bits per heavy atom. The average Bonchev–Trinajstić information content (AvgIpc) is 2.77. The third kappa shape index (κ3) is 7.49. The molecule has 7 heteroatoms. The first kappa shape index (κ1) is 25.1. The lowest BCUT2D eigenvalue weighted by Crippen LogP contribution is -2.20. The third-order valence-electron chi connectivity index (χ3n) is 4.84. The van der Waals surface area contributed by atoms with Crippen LogP contribution in [-0.2, 0) is 9.59 Å². The van der Waals surface area contributed by atoms with Crippen molar-refractivity contribution in [1.29, 1.82) is 0 Å². The van der Waals surface area contributed by atoms with E-state index in [1.807, 2.05) is 75.4 Å². The molecule has 0 fully saturated rings. The number of benzene rings is 3. The molecule has 34 heavy (non-hydrogen) atoms. The Labute approximate surface area is 204 Å². The van der Waals surface area contributed by atoms with Crippen LogP contribution in [0.4, 0.5) is 11.4 Å². The molecule has 0 saturated heterocycles. The molecule has 0 aliphatic carbocycles. The molecule has 6 nitrogen and oxygen atoms in total. The maximum atomic E-state index is 13.3. The van der Waals surface area contributed by atoms with Crippen LogP contribution in [-0.4, -0.2) is 17.7 Å². The Bertz CT molecular complexity index is 1160. The highest BCUT2D eigenvalue weighted by atomic mass is 32.2. The van der Waals surface area contributed by atoms with Gasteiger partial charge in [-0.1, -0.05) is 57.2 Å². The predicted molar refractivity (Wildman–Crippen MR) is 138 cm³/mol. The van der Waals surface area contributed by atoms with Crippen molar-refractivity contribution >= 4 is 40.9 Å². The Balaban J connectivity index is 1.79. The molecular formula is C27H29N3O3S. The first-order chi connectivity index (χ1) is 16.1. The molecule has 1 unspecified atom stereocenters. The van der Waals surface area contributed by atoms with E-state index < -0.39 is 11.2 Å². The SMILES string of the molecule is CC(C)(C)CC(=O)Nc1cccc(SC(C(=O)Nc2ccc(C(N)=O)cc2)c2ccccc2)c1. The lowest BCUT2D eigenvalue weighted by atomic mass is 9.92. The van der Waals surface area contributed by atoms with Gasteiger partial charge in [0.15, 0.2) is 0 Å². The summed E-state index contributed by atoms with van der Waals surface area (Å²) in [7, 11) is 0. The second-order valence-electron chi connectivity index (χ2n) is 9.15. The zero-order valence-electron chi connectivity index (χ0n) is 19.5. The minimum Gasteiger partial charge on any atom is -0.366 e.